The van der Waals surface area contributed by atoms with Gasteiger partial charge in [0.1, 0.15) is 0 Å². The molecule has 2 amide bonds. The second kappa shape index (κ2) is 5.56. The van der Waals surface area contributed by atoms with Gasteiger partial charge < -0.3 is 0 Å². The summed E-state index contributed by atoms with van der Waals surface area (Å²) < 4.78 is 0. The van der Waals surface area contributed by atoms with Crippen LogP contribution in [0.3, 0.4) is 0 Å². The van der Waals surface area contributed by atoms with Gasteiger partial charge in [-0.15, -0.1) is 0 Å². The lowest BCUT2D eigenvalue weighted by Crippen LogP contribution is -2.43. The number of benzene rings is 2. The van der Waals surface area contributed by atoms with Crippen molar-refractivity contribution in [3.8, 4) is 0 Å². The van der Waals surface area contributed by atoms with Gasteiger partial charge in [-0.05, 0) is 28.7 Å². The topological polar surface area (TPSA) is 58.2 Å². The van der Waals surface area contributed by atoms with Crippen LogP contribution in [0.15, 0.2) is 42.5 Å². The molecule has 2 N–H and O–H groups in total. The molecule has 1 aliphatic carbocycles. The van der Waals surface area contributed by atoms with Crippen LogP contribution >= 0.6 is 0 Å². The van der Waals surface area contributed by atoms with Gasteiger partial charge in [-0.25, -0.2) is 0 Å². The molecule has 4 nitrogen and oxygen atoms in total. The normalized spacial score (nSPS) is 20.0. The van der Waals surface area contributed by atoms with E-state index in [1.807, 2.05) is 49.4 Å². The van der Waals surface area contributed by atoms with E-state index < -0.39 is 0 Å². The van der Waals surface area contributed by atoms with Gasteiger partial charge in [0.15, 0.2) is 0 Å². The van der Waals surface area contributed by atoms with Gasteiger partial charge in [0.05, 0.1) is 6.42 Å². The smallest absolute Gasteiger partial charge is 0.242 e. The van der Waals surface area contributed by atoms with E-state index in [-0.39, 0.29) is 24.2 Å². The van der Waals surface area contributed by atoms with Crippen molar-refractivity contribution in [2.45, 2.75) is 19.8 Å². The van der Waals surface area contributed by atoms with E-state index in [9.17, 15) is 9.59 Å². The first kappa shape index (κ1) is 13.6. The first-order valence-electron chi connectivity index (χ1n) is 7.20. The summed E-state index contributed by atoms with van der Waals surface area (Å²) in [5.41, 5.74) is 5.96. The monoisotopic (exact) mass is 282 g/mol. The third kappa shape index (κ3) is 3.05. The number of carbonyl (C=O) groups is 2. The van der Waals surface area contributed by atoms with Crippen LogP contribution in [0.5, 0.6) is 0 Å². The predicted molar refractivity (Wildman–Crippen MR) is 81.2 cm³/mol. The molecule has 0 aromatic heterocycles. The average Bonchev–Trinajstić information content (AvgIpc) is 3.22. The second-order valence-electron chi connectivity index (χ2n) is 5.67. The summed E-state index contributed by atoms with van der Waals surface area (Å²) in [6, 6.07) is 13.9. The molecule has 2 aromatic rings. The molecule has 2 unspecified atom stereocenters. The molecular weight excluding hydrogens is 264 g/mol. The summed E-state index contributed by atoms with van der Waals surface area (Å²) in [5.74, 6) is 0.199. The van der Waals surface area contributed by atoms with Crippen molar-refractivity contribution >= 4 is 22.6 Å². The van der Waals surface area contributed by atoms with Crippen molar-refractivity contribution in [3.63, 3.8) is 0 Å². The Morgan fingerprint density at radius 1 is 1.10 bits per heavy atom. The molecule has 1 fully saturated rings. The fraction of sp³-hybridized carbons (Fsp3) is 0.294. The highest BCUT2D eigenvalue weighted by Crippen LogP contribution is 2.37. The maximum atomic E-state index is 12.0. The summed E-state index contributed by atoms with van der Waals surface area (Å²) in [7, 11) is 0. The fourth-order valence-corrected chi connectivity index (χ4v) is 2.58. The summed E-state index contributed by atoms with van der Waals surface area (Å²) >= 11 is 0. The number of fused-ring (bicyclic) bond motifs is 1. The van der Waals surface area contributed by atoms with Crippen molar-refractivity contribution in [1.29, 1.82) is 0 Å². The van der Waals surface area contributed by atoms with Crippen molar-refractivity contribution in [2.24, 2.45) is 11.8 Å². The van der Waals surface area contributed by atoms with Crippen molar-refractivity contribution in [1.82, 2.24) is 10.9 Å². The second-order valence-corrected chi connectivity index (χ2v) is 5.67. The van der Waals surface area contributed by atoms with E-state index in [0.717, 1.165) is 22.8 Å². The standard InChI is InChI=1S/C17H18N2O2/c1-11-9-15(11)17(21)19-18-16(20)10-13-7-4-6-12-5-2-3-8-14(12)13/h2-8,11,15H,9-10H2,1H3,(H,18,20)(H,19,21). The van der Waals surface area contributed by atoms with Crippen LogP contribution in [-0.2, 0) is 16.0 Å². The van der Waals surface area contributed by atoms with Crippen LogP contribution in [0.4, 0.5) is 0 Å². The Bertz CT molecular complexity index is 691. The first-order valence-corrected chi connectivity index (χ1v) is 7.20. The van der Waals surface area contributed by atoms with E-state index in [2.05, 4.69) is 10.9 Å². The van der Waals surface area contributed by atoms with Crippen molar-refractivity contribution in [2.75, 3.05) is 0 Å². The lowest BCUT2D eigenvalue weighted by Gasteiger charge is -2.09. The minimum atomic E-state index is -0.201. The Labute approximate surface area is 123 Å². The van der Waals surface area contributed by atoms with Gasteiger partial charge in [-0.3, -0.25) is 20.4 Å². The van der Waals surface area contributed by atoms with Crippen molar-refractivity contribution < 1.29 is 9.59 Å². The predicted octanol–water partition coefficient (Wildman–Crippen LogP) is 2.19. The molecule has 0 bridgehead atoms. The molecule has 108 valence electrons. The summed E-state index contributed by atoms with van der Waals surface area (Å²) in [4.78, 5) is 23.6. The van der Waals surface area contributed by atoms with Crippen molar-refractivity contribution in [3.05, 3.63) is 48.0 Å². The van der Waals surface area contributed by atoms with Crippen LogP contribution < -0.4 is 10.9 Å². The molecular formula is C17H18N2O2. The molecule has 1 saturated carbocycles. The maximum Gasteiger partial charge on any atom is 0.242 e. The van der Waals surface area contributed by atoms with Crippen LogP contribution in [0.2, 0.25) is 0 Å². The number of rotatable bonds is 3. The third-order valence-corrected chi connectivity index (χ3v) is 4.00. The molecule has 2 aromatic carbocycles. The summed E-state index contributed by atoms with van der Waals surface area (Å²) in [5, 5.41) is 2.18. The zero-order chi connectivity index (χ0) is 14.8. The number of nitrogens with one attached hydrogen (secondary N) is 2. The Kier molecular flexibility index (Phi) is 3.60. The Hall–Kier alpha value is -2.36. The largest absolute Gasteiger partial charge is 0.273 e. The number of amides is 2. The Balaban J connectivity index is 1.62. The minimum Gasteiger partial charge on any atom is -0.273 e. The van der Waals surface area contributed by atoms with E-state index in [4.69, 9.17) is 0 Å². The molecule has 4 heteroatoms. The van der Waals surface area contributed by atoms with Crippen LogP contribution in [0.1, 0.15) is 18.9 Å². The molecule has 21 heavy (non-hydrogen) atoms. The number of hydrogen-bond donors (Lipinski definition) is 2. The number of carbonyl (C=O) groups excluding carboxylic acids is 2. The van der Waals surface area contributed by atoms with Gasteiger partial charge in [-0.1, -0.05) is 49.4 Å². The summed E-state index contributed by atoms with van der Waals surface area (Å²) in [6.07, 6.45) is 1.16. The molecule has 0 radical (unpaired) electrons. The zero-order valence-corrected chi connectivity index (χ0v) is 11.9. The van der Waals surface area contributed by atoms with Crippen LogP contribution in [0.25, 0.3) is 10.8 Å². The van der Waals surface area contributed by atoms with Crippen LogP contribution in [-0.4, -0.2) is 11.8 Å². The van der Waals surface area contributed by atoms with Gasteiger partial charge in [0.2, 0.25) is 11.8 Å². The van der Waals surface area contributed by atoms with Crippen LogP contribution in [0, 0.1) is 11.8 Å². The molecule has 1 aliphatic rings. The highest BCUT2D eigenvalue weighted by molar-refractivity contribution is 5.91. The van der Waals surface area contributed by atoms with Gasteiger partial charge in [-0.2, -0.15) is 0 Å². The zero-order valence-electron chi connectivity index (χ0n) is 11.9. The third-order valence-electron chi connectivity index (χ3n) is 4.00. The highest BCUT2D eigenvalue weighted by atomic mass is 16.2. The summed E-state index contributed by atoms with van der Waals surface area (Å²) in [6.45, 7) is 2.03. The number of hydrogen-bond acceptors (Lipinski definition) is 2. The Morgan fingerprint density at radius 3 is 2.57 bits per heavy atom. The minimum absolute atomic E-state index is 0.0582. The lowest BCUT2D eigenvalue weighted by molar-refractivity contribution is -0.129. The van der Waals surface area contributed by atoms with E-state index >= 15 is 0 Å². The quantitative estimate of drug-likeness (QED) is 0.848. The van der Waals surface area contributed by atoms with Gasteiger partial charge >= 0.3 is 0 Å². The first-order chi connectivity index (χ1) is 10.1. The molecule has 2 atom stereocenters. The molecule has 0 heterocycles. The maximum absolute atomic E-state index is 12.0. The van der Waals surface area contributed by atoms with E-state index in [1.165, 1.54) is 0 Å². The molecule has 3 rings (SSSR count). The molecule has 0 saturated heterocycles. The van der Waals surface area contributed by atoms with E-state index in [0.29, 0.717) is 5.92 Å². The number of hydrazine groups is 1. The average molecular weight is 282 g/mol. The van der Waals surface area contributed by atoms with Gasteiger partial charge in [0, 0.05) is 5.92 Å². The highest BCUT2D eigenvalue weighted by Gasteiger charge is 2.39. The Morgan fingerprint density at radius 2 is 1.81 bits per heavy atom. The SMILES string of the molecule is CC1CC1C(=O)NNC(=O)Cc1cccc2ccccc12. The van der Waals surface area contributed by atoms with Gasteiger partial charge in [0.25, 0.3) is 0 Å². The lowest BCUT2D eigenvalue weighted by atomic mass is 10.0. The van der Waals surface area contributed by atoms with E-state index in [1.54, 1.807) is 0 Å². The molecule has 0 spiro atoms. The fourth-order valence-electron chi connectivity index (χ4n) is 2.58. The molecule has 0 aliphatic heterocycles.